The summed E-state index contributed by atoms with van der Waals surface area (Å²) >= 11 is 0. The molecule has 28 heavy (non-hydrogen) atoms. The molecule has 4 bridgehead atoms. The minimum absolute atomic E-state index is 0.0534. The summed E-state index contributed by atoms with van der Waals surface area (Å²) in [4.78, 5) is 26.5. The molecule has 0 aromatic carbocycles. The lowest BCUT2D eigenvalue weighted by Crippen LogP contribution is -2.57. The summed E-state index contributed by atoms with van der Waals surface area (Å²) in [6, 6.07) is 1.85. The maximum Gasteiger partial charge on any atom is 0.226 e. The number of nitrogens with one attached hydrogen (secondary N) is 1. The smallest absolute Gasteiger partial charge is 0.226 e. The number of anilines is 1. The minimum atomic E-state index is -0.0534. The standard InChI is InChI=1S/C22H33N5O/c1-21-12-17-11-18(13-21)15-22(14-17,16-21)19(28)23-5-6-26-7-9-27(10-8-26)20-24-3-2-4-25-20/h2-4,17-18H,5-16H2,1H3,(H,23,28). The van der Waals surface area contributed by atoms with Gasteiger partial charge in [0, 0.05) is 51.7 Å². The zero-order chi connectivity index (χ0) is 19.2. The van der Waals surface area contributed by atoms with Gasteiger partial charge in [0.05, 0.1) is 5.41 Å². The summed E-state index contributed by atoms with van der Waals surface area (Å²) in [5.41, 5.74) is 0.374. The predicted molar refractivity (Wildman–Crippen MR) is 109 cm³/mol. The molecule has 152 valence electrons. The topological polar surface area (TPSA) is 61.4 Å². The summed E-state index contributed by atoms with van der Waals surface area (Å²) in [5.74, 6) is 2.77. The summed E-state index contributed by atoms with van der Waals surface area (Å²) in [6.45, 7) is 8.04. The molecule has 4 saturated carbocycles. The fourth-order valence-electron chi connectivity index (χ4n) is 7.13. The van der Waals surface area contributed by atoms with Gasteiger partial charge in [-0.25, -0.2) is 9.97 Å². The van der Waals surface area contributed by atoms with Gasteiger partial charge in [0.1, 0.15) is 0 Å². The highest BCUT2D eigenvalue weighted by molar-refractivity contribution is 5.83. The van der Waals surface area contributed by atoms with Crippen LogP contribution in [0, 0.1) is 22.7 Å². The van der Waals surface area contributed by atoms with E-state index in [-0.39, 0.29) is 5.41 Å². The molecule has 2 atom stereocenters. The van der Waals surface area contributed by atoms with E-state index in [2.05, 4.69) is 32.0 Å². The first kappa shape index (κ1) is 18.3. The van der Waals surface area contributed by atoms with Gasteiger partial charge in [0.25, 0.3) is 0 Å². The lowest BCUT2D eigenvalue weighted by molar-refractivity contribution is -0.155. The van der Waals surface area contributed by atoms with E-state index < -0.39 is 0 Å². The number of nitrogens with zero attached hydrogens (tertiary/aromatic N) is 4. The summed E-state index contributed by atoms with van der Waals surface area (Å²) in [6.07, 6.45) is 11.1. The van der Waals surface area contributed by atoms with E-state index >= 15 is 0 Å². The van der Waals surface area contributed by atoms with Gasteiger partial charge in [-0.1, -0.05) is 6.92 Å². The van der Waals surface area contributed by atoms with Gasteiger partial charge in [-0.2, -0.15) is 0 Å². The van der Waals surface area contributed by atoms with Gasteiger partial charge in [-0.05, 0) is 61.8 Å². The van der Waals surface area contributed by atoms with Crippen molar-refractivity contribution in [2.45, 2.75) is 45.4 Å². The molecule has 6 rings (SSSR count). The highest BCUT2D eigenvalue weighted by atomic mass is 16.2. The second kappa shape index (κ2) is 6.97. The first-order chi connectivity index (χ1) is 13.5. The Bertz CT molecular complexity index is 701. The Hall–Kier alpha value is -1.69. The Morgan fingerprint density at radius 3 is 2.43 bits per heavy atom. The van der Waals surface area contributed by atoms with Crippen LogP contribution >= 0.6 is 0 Å². The Morgan fingerprint density at radius 2 is 1.79 bits per heavy atom. The maximum absolute atomic E-state index is 13.2. The van der Waals surface area contributed by atoms with E-state index in [1.807, 2.05) is 6.07 Å². The molecular weight excluding hydrogens is 350 g/mol. The molecule has 2 unspecified atom stereocenters. The Balaban J connectivity index is 1.10. The molecule has 0 spiro atoms. The second-order valence-electron chi connectivity index (χ2n) is 10.2. The minimum Gasteiger partial charge on any atom is -0.354 e. The highest BCUT2D eigenvalue weighted by Crippen LogP contribution is 2.65. The van der Waals surface area contributed by atoms with Crippen LogP contribution in [0.25, 0.3) is 0 Å². The number of carbonyl (C=O) groups is 1. The van der Waals surface area contributed by atoms with Crippen LogP contribution in [0.15, 0.2) is 18.5 Å². The third kappa shape index (κ3) is 3.40. The fourth-order valence-corrected chi connectivity index (χ4v) is 7.13. The van der Waals surface area contributed by atoms with Crippen LogP contribution < -0.4 is 10.2 Å². The molecule has 2 heterocycles. The fraction of sp³-hybridized carbons (Fsp3) is 0.773. The molecule has 6 nitrogen and oxygen atoms in total. The Morgan fingerprint density at radius 1 is 1.11 bits per heavy atom. The number of carbonyl (C=O) groups excluding carboxylic acids is 1. The molecular formula is C22H33N5O. The van der Waals surface area contributed by atoms with Crippen molar-refractivity contribution in [2.75, 3.05) is 44.2 Å². The van der Waals surface area contributed by atoms with E-state index in [4.69, 9.17) is 0 Å². The number of hydrogen-bond acceptors (Lipinski definition) is 5. The van der Waals surface area contributed by atoms with E-state index in [9.17, 15) is 4.79 Å². The van der Waals surface area contributed by atoms with Crippen molar-refractivity contribution in [3.8, 4) is 0 Å². The molecule has 5 aliphatic rings. The third-order valence-corrected chi connectivity index (χ3v) is 7.76. The predicted octanol–water partition coefficient (Wildman–Crippen LogP) is 2.32. The first-order valence-electron chi connectivity index (χ1n) is 11.1. The average Bonchev–Trinajstić information content (AvgIpc) is 2.67. The van der Waals surface area contributed by atoms with Gasteiger partial charge in [0.2, 0.25) is 11.9 Å². The normalized spacial score (nSPS) is 37.2. The lowest BCUT2D eigenvalue weighted by atomic mass is 9.44. The summed E-state index contributed by atoms with van der Waals surface area (Å²) < 4.78 is 0. The monoisotopic (exact) mass is 383 g/mol. The van der Waals surface area contributed by atoms with E-state index in [1.165, 1.54) is 19.3 Å². The highest BCUT2D eigenvalue weighted by Gasteiger charge is 2.58. The second-order valence-corrected chi connectivity index (χ2v) is 10.2. The van der Waals surface area contributed by atoms with Crippen molar-refractivity contribution < 1.29 is 4.79 Å². The van der Waals surface area contributed by atoms with Crippen molar-refractivity contribution in [3.63, 3.8) is 0 Å². The van der Waals surface area contributed by atoms with Crippen LogP contribution in [0.1, 0.15) is 45.4 Å². The number of aromatic nitrogens is 2. The van der Waals surface area contributed by atoms with Crippen molar-refractivity contribution in [3.05, 3.63) is 18.5 Å². The number of hydrogen-bond donors (Lipinski definition) is 1. The van der Waals surface area contributed by atoms with Crippen LogP contribution in [0.2, 0.25) is 0 Å². The van der Waals surface area contributed by atoms with Crippen molar-refractivity contribution in [2.24, 2.45) is 22.7 Å². The quantitative estimate of drug-likeness (QED) is 0.846. The maximum atomic E-state index is 13.2. The van der Waals surface area contributed by atoms with E-state index in [0.29, 0.717) is 11.3 Å². The van der Waals surface area contributed by atoms with Crippen LogP contribution in [0.4, 0.5) is 5.95 Å². The first-order valence-corrected chi connectivity index (χ1v) is 11.1. The summed E-state index contributed by atoms with van der Waals surface area (Å²) in [5, 5.41) is 3.33. The molecule has 0 radical (unpaired) electrons. The average molecular weight is 384 g/mol. The van der Waals surface area contributed by atoms with Crippen LogP contribution in [-0.2, 0) is 4.79 Å². The molecule has 1 aliphatic heterocycles. The van der Waals surface area contributed by atoms with Crippen LogP contribution in [0.3, 0.4) is 0 Å². The zero-order valence-corrected chi connectivity index (χ0v) is 17.1. The number of amides is 1. The van der Waals surface area contributed by atoms with E-state index in [1.54, 1.807) is 12.4 Å². The molecule has 4 aliphatic carbocycles. The summed E-state index contributed by atoms with van der Waals surface area (Å²) in [7, 11) is 0. The molecule has 1 aromatic heterocycles. The van der Waals surface area contributed by atoms with Gasteiger partial charge in [-0.3, -0.25) is 9.69 Å². The van der Waals surface area contributed by atoms with Gasteiger partial charge in [-0.15, -0.1) is 0 Å². The third-order valence-electron chi connectivity index (χ3n) is 7.76. The molecule has 5 fully saturated rings. The zero-order valence-electron chi connectivity index (χ0n) is 17.1. The largest absolute Gasteiger partial charge is 0.354 e. The molecule has 1 saturated heterocycles. The van der Waals surface area contributed by atoms with Crippen LogP contribution in [-0.4, -0.2) is 60.0 Å². The SMILES string of the molecule is CC12CC3CC(C1)CC(C(=O)NCCN1CCN(c4ncccn4)CC1)(C3)C2. The van der Waals surface area contributed by atoms with Gasteiger partial charge >= 0.3 is 0 Å². The van der Waals surface area contributed by atoms with Gasteiger partial charge < -0.3 is 10.2 Å². The molecule has 1 amide bonds. The van der Waals surface area contributed by atoms with Gasteiger partial charge in [0.15, 0.2) is 0 Å². The number of rotatable bonds is 5. The number of piperazine rings is 1. The molecule has 1 N–H and O–H groups in total. The van der Waals surface area contributed by atoms with Crippen LogP contribution in [0.5, 0.6) is 0 Å². The van der Waals surface area contributed by atoms with Crippen molar-refractivity contribution in [1.29, 1.82) is 0 Å². The van der Waals surface area contributed by atoms with E-state index in [0.717, 1.165) is 76.3 Å². The van der Waals surface area contributed by atoms with Crippen molar-refractivity contribution in [1.82, 2.24) is 20.2 Å². The Kier molecular flexibility index (Phi) is 4.57. The molecule has 1 aromatic rings. The molecule has 6 heteroatoms. The van der Waals surface area contributed by atoms with Crippen molar-refractivity contribution >= 4 is 11.9 Å². The lowest BCUT2D eigenvalue weighted by Gasteiger charge is -2.60. The Labute approximate surface area is 168 Å².